The van der Waals surface area contributed by atoms with Crippen LogP contribution in [0.1, 0.15) is 5.56 Å². The molecule has 0 aliphatic rings. The number of rotatable bonds is 4. The van der Waals surface area contributed by atoms with E-state index in [2.05, 4.69) is 20.7 Å². The third kappa shape index (κ3) is 3.47. The molecule has 0 radical (unpaired) electrons. The maximum atomic E-state index is 13.4. The van der Waals surface area contributed by atoms with Crippen molar-refractivity contribution >= 4 is 33.7 Å². The van der Waals surface area contributed by atoms with Crippen LogP contribution in [0.15, 0.2) is 21.5 Å². The fraction of sp³-hybridized carbons (Fsp3) is 0.300. The lowest BCUT2D eigenvalue weighted by molar-refractivity contribution is -0.137. The van der Waals surface area contributed by atoms with Gasteiger partial charge >= 0.3 is 5.97 Å². The van der Waals surface area contributed by atoms with Crippen LogP contribution in [0.4, 0.5) is 4.39 Å². The van der Waals surface area contributed by atoms with Gasteiger partial charge in [0.2, 0.25) is 0 Å². The number of hydrogen-bond donors (Lipinski definition) is 1. The highest BCUT2D eigenvalue weighted by atomic mass is 79.9. The van der Waals surface area contributed by atoms with Crippen LogP contribution in [0.3, 0.4) is 0 Å². The van der Waals surface area contributed by atoms with Crippen molar-refractivity contribution in [3.05, 3.63) is 28.0 Å². The van der Waals surface area contributed by atoms with Crippen molar-refractivity contribution < 1.29 is 19.0 Å². The van der Waals surface area contributed by atoms with Crippen LogP contribution >= 0.6 is 27.7 Å². The van der Waals surface area contributed by atoms with Crippen LogP contribution in [0.25, 0.3) is 0 Å². The summed E-state index contributed by atoms with van der Waals surface area (Å²) in [4.78, 5) is 11.5. The smallest absolute Gasteiger partial charge is 0.315 e. The summed E-state index contributed by atoms with van der Waals surface area (Å²) in [7, 11) is 1.29. The molecule has 0 atom stereocenters. The number of methoxy groups -OCH3 is 1. The zero-order valence-electron chi connectivity index (χ0n) is 8.50. The molecule has 0 amide bonds. The van der Waals surface area contributed by atoms with E-state index in [9.17, 15) is 9.18 Å². The zero-order valence-corrected chi connectivity index (χ0v) is 10.9. The van der Waals surface area contributed by atoms with E-state index in [4.69, 9.17) is 5.11 Å². The number of carbonyl (C=O) groups is 1. The molecule has 0 aliphatic carbocycles. The number of halogens is 2. The van der Waals surface area contributed by atoms with Gasteiger partial charge in [0.25, 0.3) is 0 Å². The van der Waals surface area contributed by atoms with Gasteiger partial charge in [-0.15, -0.1) is 11.8 Å². The molecular weight excluding hydrogens is 299 g/mol. The molecule has 0 spiro atoms. The Labute approximate surface area is 105 Å². The average Bonchev–Trinajstić information content (AvgIpc) is 2.25. The summed E-state index contributed by atoms with van der Waals surface area (Å²) in [5, 5.41) is 9.03. The molecule has 0 bridgehead atoms. The largest absolute Gasteiger partial charge is 0.468 e. The Balaban J connectivity index is 2.89. The quantitative estimate of drug-likeness (QED) is 0.685. The van der Waals surface area contributed by atoms with Crippen LogP contribution in [-0.2, 0) is 16.1 Å². The van der Waals surface area contributed by atoms with Crippen molar-refractivity contribution in [2.45, 2.75) is 11.5 Å². The molecule has 0 unspecified atom stereocenters. The summed E-state index contributed by atoms with van der Waals surface area (Å²) < 4.78 is 18.4. The van der Waals surface area contributed by atoms with E-state index < -0.39 is 18.4 Å². The van der Waals surface area contributed by atoms with Crippen LogP contribution < -0.4 is 0 Å². The summed E-state index contributed by atoms with van der Waals surface area (Å²) in [6.45, 7) is -0.400. The van der Waals surface area contributed by atoms with Crippen molar-refractivity contribution in [1.82, 2.24) is 0 Å². The number of hydrogen-bond acceptors (Lipinski definition) is 4. The highest BCUT2D eigenvalue weighted by Crippen LogP contribution is 2.29. The molecular formula is C10H10BrFO3S. The average molecular weight is 309 g/mol. The topological polar surface area (TPSA) is 46.5 Å². The maximum Gasteiger partial charge on any atom is 0.315 e. The summed E-state index contributed by atoms with van der Waals surface area (Å²) in [5.74, 6) is -0.808. The fourth-order valence-electron chi connectivity index (χ4n) is 1.06. The number of carbonyl (C=O) groups excluding carboxylic acids is 1. The van der Waals surface area contributed by atoms with Crippen molar-refractivity contribution in [1.29, 1.82) is 0 Å². The molecule has 16 heavy (non-hydrogen) atoms. The Morgan fingerprint density at radius 1 is 1.62 bits per heavy atom. The van der Waals surface area contributed by atoms with E-state index in [1.165, 1.54) is 13.2 Å². The lowest BCUT2D eigenvalue weighted by Gasteiger charge is -2.08. The third-order valence-electron chi connectivity index (χ3n) is 1.85. The van der Waals surface area contributed by atoms with Gasteiger partial charge in [-0.25, -0.2) is 4.39 Å². The van der Waals surface area contributed by atoms with Gasteiger partial charge in [-0.05, 0) is 12.1 Å². The molecule has 1 rings (SSSR count). The second kappa shape index (κ2) is 6.22. The Bertz CT molecular complexity index is 398. The second-order valence-electron chi connectivity index (χ2n) is 2.89. The Morgan fingerprint density at radius 2 is 2.31 bits per heavy atom. The SMILES string of the molecule is COC(=O)CSc1cc(Br)cc(F)c1CO. The van der Waals surface area contributed by atoms with E-state index in [1.807, 2.05) is 0 Å². The monoisotopic (exact) mass is 308 g/mol. The molecule has 0 aliphatic heterocycles. The minimum absolute atomic E-state index is 0.0827. The summed E-state index contributed by atoms with van der Waals surface area (Å²) >= 11 is 4.28. The molecule has 1 aromatic rings. The van der Waals surface area contributed by atoms with E-state index in [0.717, 1.165) is 11.8 Å². The van der Waals surface area contributed by atoms with Crippen molar-refractivity contribution in [3.63, 3.8) is 0 Å². The molecule has 0 aromatic heterocycles. The standard InChI is InChI=1S/C10H10BrFO3S/c1-15-10(14)5-16-9-3-6(11)2-8(12)7(9)4-13/h2-3,13H,4-5H2,1H3. The van der Waals surface area contributed by atoms with Gasteiger partial charge < -0.3 is 9.84 Å². The highest BCUT2D eigenvalue weighted by Gasteiger charge is 2.11. The molecule has 0 saturated heterocycles. The maximum absolute atomic E-state index is 13.4. The van der Waals surface area contributed by atoms with Crippen LogP contribution in [-0.4, -0.2) is 23.9 Å². The number of esters is 1. The molecule has 0 fully saturated rings. The van der Waals surface area contributed by atoms with Crippen molar-refractivity contribution in [2.24, 2.45) is 0 Å². The first-order chi connectivity index (χ1) is 7.58. The minimum Gasteiger partial charge on any atom is -0.468 e. The summed E-state index contributed by atoms with van der Waals surface area (Å²) in [6.07, 6.45) is 0. The lowest BCUT2D eigenvalue weighted by atomic mass is 10.2. The first-order valence-electron chi connectivity index (χ1n) is 4.37. The Kier molecular flexibility index (Phi) is 5.24. The fourth-order valence-corrected chi connectivity index (χ4v) is 2.58. The summed E-state index contributed by atoms with van der Waals surface area (Å²) in [5.41, 5.74) is 0.192. The number of thioether (sulfide) groups is 1. The van der Waals surface area contributed by atoms with Crippen LogP contribution in [0.2, 0.25) is 0 Å². The first kappa shape index (κ1) is 13.5. The van der Waals surface area contributed by atoms with Gasteiger partial charge in [-0.3, -0.25) is 4.79 Å². The predicted molar refractivity (Wildman–Crippen MR) is 62.8 cm³/mol. The first-order valence-corrected chi connectivity index (χ1v) is 6.14. The molecule has 1 N–H and O–H groups in total. The predicted octanol–water partition coefficient (Wildman–Crippen LogP) is 2.35. The Hall–Kier alpha value is -0.590. The zero-order chi connectivity index (χ0) is 12.1. The van der Waals surface area contributed by atoms with Gasteiger partial charge in [0.05, 0.1) is 19.5 Å². The van der Waals surface area contributed by atoms with Gasteiger partial charge in [0.1, 0.15) is 5.82 Å². The molecule has 6 heteroatoms. The molecule has 0 heterocycles. The summed E-state index contributed by atoms with van der Waals surface area (Å²) in [6, 6.07) is 2.93. The van der Waals surface area contributed by atoms with Crippen LogP contribution in [0, 0.1) is 5.82 Å². The molecule has 0 saturated carbocycles. The van der Waals surface area contributed by atoms with Crippen molar-refractivity contribution in [2.75, 3.05) is 12.9 Å². The lowest BCUT2D eigenvalue weighted by Crippen LogP contribution is -2.04. The molecule has 3 nitrogen and oxygen atoms in total. The number of aliphatic hydroxyl groups excluding tert-OH is 1. The van der Waals surface area contributed by atoms with E-state index in [0.29, 0.717) is 9.37 Å². The van der Waals surface area contributed by atoms with Crippen molar-refractivity contribution in [3.8, 4) is 0 Å². The van der Waals surface area contributed by atoms with Gasteiger partial charge in [0.15, 0.2) is 0 Å². The van der Waals surface area contributed by atoms with E-state index in [-0.39, 0.29) is 11.3 Å². The van der Waals surface area contributed by atoms with Gasteiger partial charge in [0, 0.05) is 14.9 Å². The van der Waals surface area contributed by atoms with Gasteiger partial charge in [-0.1, -0.05) is 15.9 Å². The number of ether oxygens (including phenoxy) is 1. The molecule has 88 valence electrons. The third-order valence-corrected chi connectivity index (χ3v) is 3.36. The normalized spacial score (nSPS) is 10.2. The van der Waals surface area contributed by atoms with E-state index in [1.54, 1.807) is 6.07 Å². The number of aliphatic hydroxyl groups is 1. The Morgan fingerprint density at radius 3 is 2.88 bits per heavy atom. The molecule has 1 aromatic carbocycles. The minimum atomic E-state index is -0.496. The highest BCUT2D eigenvalue weighted by molar-refractivity contribution is 9.10. The van der Waals surface area contributed by atoms with E-state index >= 15 is 0 Å². The second-order valence-corrected chi connectivity index (χ2v) is 4.82. The number of benzene rings is 1. The van der Waals surface area contributed by atoms with Crippen LogP contribution in [0.5, 0.6) is 0 Å². The van der Waals surface area contributed by atoms with Gasteiger partial charge in [-0.2, -0.15) is 0 Å².